The van der Waals surface area contributed by atoms with E-state index in [9.17, 15) is 72.5 Å². The summed E-state index contributed by atoms with van der Waals surface area (Å²) in [6, 6.07) is -16.5. The van der Waals surface area contributed by atoms with Crippen LogP contribution in [0.25, 0.3) is 0 Å². The van der Waals surface area contributed by atoms with Crippen molar-refractivity contribution in [2.45, 2.75) is 277 Å². The molecule has 0 saturated carbocycles. The predicted octanol–water partition coefficient (Wildman–Crippen LogP) is -3.05. The monoisotopic (exact) mass is 1410 g/mol. The number of nitrogens with two attached hydrogens (primary N) is 6. The Balaban J connectivity index is 6.45. The number of carboxylic acids is 1. The number of hydrogen-bond acceptors (Lipinski definition) is 20. The third kappa shape index (κ3) is 35.6. The van der Waals surface area contributed by atoms with E-state index >= 15 is 0 Å². The van der Waals surface area contributed by atoms with Crippen LogP contribution in [0.3, 0.4) is 0 Å². The molecule has 0 rings (SSSR count). The van der Waals surface area contributed by atoms with Gasteiger partial charge in [-0.3, -0.25) is 57.5 Å². The standard InChI is InChI=1S/C66H126N18O15/c1-35(2)34-48(61(93)83-52(39(9)10)66(98)99)79-63(95)50(37(5)6)80-60(92)47(28-18-23-33-71)78-65(97)53(42(13)85)84-55(87)41(12)73-54(86)40(11)74-62(94)49(36(3)4)82-64(96)51(38(7)8)81-59(91)46(27-17-22-32-70)77-58(90)45(26-16-21-31-69)76-57(89)44(25-15-20-30-68)75-56(88)43(72)24-14-19-29-67/h35-53,85H,14-34,67-72H2,1-13H3,(H,73,86)(H,74,94)(H,75,88)(H,76,89)(H,77,90)(H,78,97)(H,79,95)(H,80,92)(H,81,91)(H,82,96)(H,83,93)(H,84,87)(H,98,99)/t40-,41-,42+,43-,44-,45-,46-,47-,48-,49-,50-,51-,52-,53-/m0/s1. The van der Waals surface area contributed by atoms with Crippen molar-refractivity contribution in [1.82, 2.24) is 63.8 Å². The zero-order valence-electron chi connectivity index (χ0n) is 61.0. The van der Waals surface area contributed by atoms with Crippen LogP contribution in [-0.4, -0.2) is 204 Å². The highest BCUT2D eigenvalue weighted by Gasteiger charge is 2.39. The summed E-state index contributed by atoms with van der Waals surface area (Å²) in [6.07, 6.45) is 4.05. The van der Waals surface area contributed by atoms with Gasteiger partial charge >= 0.3 is 5.97 Å². The van der Waals surface area contributed by atoms with Crippen molar-refractivity contribution in [2.75, 3.05) is 32.7 Å². The average molecular weight is 1410 g/mol. The van der Waals surface area contributed by atoms with Gasteiger partial charge in [-0.05, 0) is 179 Å². The summed E-state index contributed by atoms with van der Waals surface area (Å²) in [5.74, 6) is -13.1. The minimum absolute atomic E-state index is 0.00502. The molecule has 0 saturated heterocycles. The van der Waals surface area contributed by atoms with Crippen molar-refractivity contribution in [3.05, 3.63) is 0 Å². The number of carboxylic acid groups (broad SMARTS) is 1. The molecule has 0 spiro atoms. The molecular formula is C66H126N18O15. The summed E-state index contributed by atoms with van der Waals surface area (Å²) in [4.78, 5) is 178. The molecule has 0 aromatic heterocycles. The fourth-order valence-corrected chi connectivity index (χ4v) is 10.3. The van der Waals surface area contributed by atoms with Crippen molar-refractivity contribution in [1.29, 1.82) is 0 Å². The lowest BCUT2D eigenvalue weighted by Gasteiger charge is -2.30. The number of amides is 12. The number of aliphatic hydroxyl groups is 1. The minimum atomic E-state index is -1.71. The van der Waals surface area contributed by atoms with Gasteiger partial charge in [0.15, 0.2) is 0 Å². The van der Waals surface area contributed by atoms with Gasteiger partial charge in [0, 0.05) is 0 Å². The van der Waals surface area contributed by atoms with Gasteiger partial charge in [0.1, 0.15) is 72.5 Å². The van der Waals surface area contributed by atoms with Crippen LogP contribution >= 0.6 is 0 Å². The van der Waals surface area contributed by atoms with Gasteiger partial charge in [-0.25, -0.2) is 4.79 Å². The number of aliphatic hydroxyl groups excluding tert-OH is 1. The van der Waals surface area contributed by atoms with Crippen LogP contribution in [0.1, 0.15) is 193 Å². The molecule has 12 amide bonds. The van der Waals surface area contributed by atoms with E-state index < -0.39 is 185 Å². The number of aliphatic carboxylic acids is 1. The molecule has 0 unspecified atom stereocenters. The highest BCUT2D eigenvalue weighted by Crippen LogP contribution is 2.15. The van der Waals surface area contributed by atoms with Crippen LogP contribution in [0.2, 0.25) is 0 Å². The molecule has 0 aliphatic heterocycles. The topological polar surface area (TPSA) is 563 Å². The second kappa shape index (κ2) is 49.4. The molecule has 26 N–H and O–H groups in total. The zero-order valence-corrected chi connectivity index (χ0v) is 61.0. The van der Waals surface area contributed by atoms with E-state index in [4.69, 9.17) is 34.4 Å². The second-order valence-electron chi connectivity index (χ2n) is 27.4. The molecule has 33 heteroatoms. The first kappa shape index (κ1) is 91.8. The van der Waals surface area contributed by atoms with Gasteiger partial charge in [-0.2, -0.15) is 0 Å². The largest absolute Gasteiger partial charge is 0.480 e. The molecule has 0 fully saturated rings. The van der Waals surface area contributed by atoms with Gasteiger partial charge in [0.05, 0.1) is 12.1 Å². The van der Waals surface area contributed by atoms with Crippen molar-refractivity contribution in [3.63, 3.8) is 0 Å². The third-order valence-electron chi connectivity index (χ3n) is 16.5. The number of nitrogens with one attached hydrogen (secondary N) is 12. The summed E-state index contributed by atoms with van der Waals surface area (Å²) < 4.78 is 0. The molecule has 0 radical (unpaired) electrons. The summed E-state index contributed by atoms with van der Waals surface area (Å²) in [6.45, 7) is 22.0. The first-order chi connectivity index (χ1) is 46.4. The molecule has 33 nitrogen and oxygen atoms in total. The van der Waals surface area contributed by atoms with E-state index in [1.54, 1.807) is 69.2 Å². The SMILES string of the molecule is CC(C)C[C@H](NC(=O)[C@@H](NC(=O)[C@H](CCCCN)NC(=O)[C@@H](NC(=O)[C@H](C)NC(=O)[C@H](C)NC(=O)[C@@H](NC(=O)[C@@H](NC(=O)[C@H](CCCCN)NC(=O)[C@H](CCCCN)NC(=O)[C@H](CCCCN)NC(=O)[C@@H](N)CCCCN)C(C)C)C(C)C)[C@@H](C)O)C(C)C)C(=O)N[C@H](C(=O)O)C(C)C. The molecule has 14 atom stereocenters. The fraction of sp³-hybridized carbons (Fsp3) is 0.803. The Morgan fingerprint density at radius 1 is 0.283 bits per heavy atom. The van der Waals surface area contributed by atoms with Gasteiger partial charge < -0.3 is 108 Å². The van der Waals surface area contributed by atoms with E-state index in [0.717, 1.165) is 0 Å². The maximum Gasteiger partial charge on any atom is 0.326 e. The molecule has 0 aromatic rings. The molecule has 0 bridgehead atoms. The molecule has 570 valence electrons. The van der Waals surface area contributed by atoms with E-state index in [1.807, 2.05) is 0 Å². The highest BCUT2D eigenvalue weighted by atomic mass is 16.4. The van der Waals surface area contributed by atoms with E-state index in [0.29, 0.717) is 90.3 Å². The molecular weight excluding hydrogens is 1280 g/mol. The summed E-state index contributed by atoms with van der Waals surface area (Å²) >= 11 is 0. The predicted molar refractivity (Wildman–Crippen MR) is 375 cm³/mol. The maximum atomic E-state index is 14.3. The highest BCUT2D eigenvalue weighted by molar-refractivity contribution is 6.00. The van der Waals surface area contributed by atoms with Gasteiger partial charge in [0.2, 0.25) is 70.9 Å². The Bertz CT molecular complexity index is 2540. The lowest BCUT2D eigenvalue weighted by molar-refractivity contribution is -0.143. The molecule has 0 aliphatic carbocycles. The van der Waals surface area contributed by atoms with Crippen LogP contribution < -0.4 is 98.2 Å². The minimum Gasteiger partial charge on any atom is -0.480 e. The van der Waals surface area contributed by atoms with E-state index in [2.05, 4.69) is 63.8 Å². The maximum absolute atomic E-state index is 14.3. The van der Waals surface area contributed by atoms with Crippen molar-refractivity contribution >= 4 is 76.9 Å². The Hall–Kier alpha value is -7.17. The Morgan fingerprint density at radius 2 is 0.525 bits per heavy atom. The summed E-state index contributed by atoms with van der Waals surface area (Å²) in [5.41, 5.74) is 34.8. The van der Waals surface area contributed by atoms with Crippen molar-refractivity contribution in [3.8, 4) is 0 Å². The van der Waals surface area contributed by atoms with Crippen molar-refractivity contribution in [2.24, 2.45) is 64.0 Å². The van der Waals surface area contributed by atoms with Crippen LogP contribution in [0, 0.1) is 29.6 Å². The van der Waals surface area contributed by atoms with Crippen LogP contribution in [0.15, 0.2) is 0 Å². The molecule has 99 heavy (non-hydrogen) atoms. The Kier molecular flexibility index (Phi) is 45.8. The smallest absolute Gasteiger partial charge is 0.326 e. The van der Waals surface area contributed by atoms with Crippen molar-refractivity contribution < 1.29 is 72.5 Å². The van der Waals surface area contributed by atoms with Crippen LogP contribution in [0.4, 0.5) is 0 Å². The summed E-state index contributed by atoms with van der Waals surface area (Å²) in [7, 11) is 0. The number of carbonyl (C=O) groups excluding carboxylic acids is 12. The van der Waals surface area contributed by atoms with Gasteiger partial charge in [0.25, 0.3) is 0 Å². The van der Waals surface area contributed by atoms with E-state index in [-0.39, 0.29) is 51.1 Å². The number of hydrogen-bond donors (Lipinski definition) is 20. The first-order valence-corrected chi connectivity index (χ1v) is 35.3. The normalized spacial score (nSPS) is 15.8. The lowest BCUT2D eigenvalue weighted by atomic mass is 9.98. The van der Waals surface area contributed by atoms with Gasteiger partial charge in [-0.1, -0.05) is 75.7 Å². The second-order valence-corrected chi connectivity index (χ2v) is 27.4. The Labute approximate surface area is 585 Å². The molecule has 0 heterocycles. The van der Waals surface area contributed by atoms with E-state index in [1.165, 1.54) is 20.8 Å². The summed E-state index contributed by atoms with van der Waals surface area (Å²) in [5, 5.41) is 51.9. The van der Waals surface area contributed by atoms with Crippen LogP contribution in [-0.2, 0) is 62.3 Å². The number of rotatable bonds is 52. The fourth-order valence-electron chi connectivity index (χ4n) is 10.3. The Morgan fingerprint density at radius 3 is 0.859 bits per heavy atom. The average Bonchev–Trinajstić information content (AvgIpc) is 0.901. The van der Waals surface area contributed by atoms with Gasteiger partial charge in [-0.15, -0.1) is 0 Å². The van der Waals surface area contributed by atoms with Crippen LogP contribution in [0.5, 0.6) is 0 Å². The number of unbranched alkanes of at least 4 members (excludes halogenated alkanes) is 5. The first-order valence-electron chi connectivity index (χ1n) is 35.3. The molecule has 0 aromatic carbocycles. The quantitative estimate of drug-likeness (QED) is 0.0269. The molecule has 0 aliphatic rings. The lowest BCUT2D eigenvalue weighted by Crippen LogP contribution is -2.62. The zero-order chi connectivity index (χ0) is 75.8. The number of carbonyl (C=O) groups is 13. The third-order valence-corrected chi connectivity index (χ3v) is 16.5.